The Morgan fingerprint density at radius 1 is 1.00 bits per heavy atom. The first-order chi connectivity index (χ1) is 11.9. The zero-order chi connectivity index (χ0) is 19.2. The van der Waals surface area contributed by atoms with Gasteiger partial charge in [0.25, 0.3) is 0 Å². The number of carboxylic acid groups (broad SMARTS) is 1. The predicted octanol–water partition coefficient (Wildman–Crippen LogP) is 3.72. The molecule has 1 aliphatic carbocycles. The van der Waals surface area contributed by atoms with Gasteiger partial charge in [0.05, 0.1) is 12.2 Å². The molecule has 146 valence electrons. The van der Waals surface area contributed by atoms with Crippen molar-refractivity contribution in [1.29, 1.82) is 0 Å². The molecule has 5 nitrogen and oxygen atoms in total. The lowest BCUT2D eigenvalue weighted by Crippen LogP contribution is -2.22. The first-order valence-corrected chi connectivity index (χ1v) is 9.57. The van der Waals surface area contributed by atoms with Crippen molar-refractivity contribution in [3.05, 3.63) is 12.7 Å². The first kappa shape index (κ1) is 23.8. The van der Waals surface area contributed by atoms with Crippen molar-refractivity contribution >= 4 is 11.8 Å². The van der Waals surface area contributed by atoms with Gasteiger partial charge in [-0.05, 0) is 43.9 Å². The number of carbonyl (C=O) groups is 2. The van der Waals surface area contributed by atoms with Gasteiger partial charge in [-0.15, -0.1) is 6.58 Å². The molecule has 0 saturated heterocycles. The number of unbranched alkanes of at least 4 members (excludes halogenated alkanes) is 2. The van der Waals surface area contributed by atoms with E-state index in [2.05, 4.69) is 13.5 Å². The van der Waals surface area contributed by atoms with E-state index < -0.39 is 18.2 Å². The highest BCUT2D eigenvalue weighted by molar-refractivity contribution is 5.78. The van der Waals surface area contributed by atoms with Crippen LogP contribution in [0.4, 0.5) is 0 Å². The van der Waals surface area contributed by atoms with Crippen LogP contribution >= 0.6 is 0 Å². The van der Waals surface area contributed by atoms with Gasteiger partial charge in [0, 0.05) is 19.3 Å². The molecule has 1 fully saturated rings. The fourth-order valence-electron chi connectivity index (χ4n) is 3.34. The fraction of sp³-hybridized carbons (Fsp3) is 0.800. The van der Waals surface area contributed by atoms with E-state index >= 15 is 0 Å². The van der Waals surface area contributed by atoms with Crippen molar-refractivity contribution in [3.8, 4) is 0 Å². The van der Waals surface area contributed by atoms with Gasteiger partial charge in [0.15, 0.2) is 0 Å². The predicted molar refractivity (Wildman–Crippen MR) is 99.4 cm³/mol. The molecular weight excluding hydrogens is 320 g/mol. The molecule has 0 aromatic heterocycles. The Bertz CT molecular complexity index is 394. The van der Waals surface area contributed by atoms with E-state index in [1.54, 1.807) is 6.08 Å². The number of rotatable bonds is 11. The Morgan fingerprint density at radius 3 is 2.12 bits per heavy atom. The highest BCUT2D eigenvalue weighted by Gasteiger charge is 2.40. The van der Waals surface area contributed by atoms with Crippen molar-refractivity contribution < 1.29 is 24.9 Å². The van der Waals surface area contributed by atoms with Gasteiger partial charge in [-0.1, -0.05) is 32.8 Å². The van der Waals surface area contributed by atoms with Crippen LogP contribution in [0, 0.1) is 11.8 Å². The summed E-state index contributed by atoms with van der Waals surface area (Å²) in [4.78, 5) is 21.4. The summed E-state index contributed by atoms with van der Waals surface area (Å²) in [5.74, 6) is -0.309. The lowest BCUT2D eigenvalue weighted by molar-refractivity contribution is -0.137. The largest absolute Gasteiger partial charge is 0.481 e. The minimum Gasteiger partial charge on any atom is -0.481 e. The monoisotopic (exact) mass is 356 g/mol. The molecule has 1 saturated carbocycles. The molecule has 0 bridgehead atoms. The maximum absolute atomic E-state index is 11.8. The highest BCUT2D eigenvalue weighted by Crippen LogP contribution is 2.38. The van der Waals surface area contributed by atoms with E-state index in [1.807, 2.05) is 6.92 Å². The molecule has 4 atom stereocenters. The van der Waals surface area contributed by atoms with Crippen molar-refractivity contribution in [3.63, 3.8) is 0 Å². The number of aliphatic hydroxyl groups excluding tert-OH is 2. The van der Waals surface area contributed by atoms with E-state index in [4.69, 9.17) is 5.11 Å². The Morgan fingerprint density at radius 2 is 1.64 bits per heavy atom. The van der Waals surface area contributed by atoms with E-state index in [1.165, 1.54) is 0 Å². The standard InChI is InChI=1S/C16H28O3.C4H8O2/c1-3-5-6-8-12(17)9-10-14-13(7-4-2)15(18)11-16(14)19;1-2-3-4(5)6/h4,13-16,18-19H,2-3,5-11H2,1H3;2-3H2,1H3,(H,5,6)/t13-,14+,15-,16+;/m0./s1. The second-order valence-corrected chi connectivity index (χ2v) is 6.90. The van der Waals surface area contributed by atoms with Crippen LogP contribution in [0.15, 0.2) is 12.7 Å². The maximum Gasteiger partial charge on any atom is 0.303 e. The first-order valence-electron chi connectivity index (χ1n) is 9.57. The molecule has 1 aliphatic rings. The van der Waals surface area contributed by atoms with Gasteiger partial charge >= 0.3 is 5.97 Å². The minimum atomic E-state index is -0.711. The molecule has 3 N–H and O–H groups in total. The molecule has 0 aliphatic heterocycles. The van der Waals surface area contributed by atoms with Gasteiger partial charge in [-0.25, -0.2) is 0 Å². The van der Waals surface area contributed by atoms with Crippen LogP contribution in [0.2, 0.25) is 0 Å². The molecule has 0 amide bonds. The van der Waals surface area contributed by atoms with E-state index in [0.717, 1.165) is 25.7 Å². The van der Waals surface area contributed by atoms with Gasteiger partial charge in [0.2, 0.25) is 0 Å². The summed E-state index contributed by atoms with van der Waals surface area (Å²) < 4.78 is 0. The number of ketones is 1. The minimum absolute atomic E-state index is 0.0446. The molecule has 0 spiro atoms. The number of aliphatic hydroxyl groups is 2. The summed E-state index contributed by atoms with van der Waals surface area (Å²) in [7, 11) is 0. The number of Topliss-reactive ketones (excluding diaryl/α,β-unsaturated/α-hetero) is 1. The van der Waals surface area contributed by atoms with E-state index in [9.17, 15) is 19.8 Å². The number of carboxylic acids is 1. The number of allylic oxidation sites excluding steroid dienone is 1. The van der Waals surface area contributed by atoms with Crippen molar-refractivity contribution in [2.75, 3.05) is 0 Å². The van der Waals surface area contributed by atoms with Crippen LogP contribution < -0.4 is 0 Å². The number of aliphatic carboxylic acids is 1. The van der Waals surface area contributed by atoms with Gasteiger partial charge in [0.1, 0.15) is 5.78 Å². The van der Waals surface area contributed by atoms with Crippen LogP contribution in [0.5, 0.6) is 0 Å². The van der Waals surface area contributed by atoms with Crippen LogP contribution in [0.1, 0.15) is 78.1 Å². The van der Waals surface area contributed by atoms with Gasteiger partial charge in [-0.2, -0.15) is 0 Å². The SMILES string of the molecule is C=CC[C@H]1[C@@H](CCC(=O)CCCCC)[C@H](O)C[C@@H]1O.CCCC(=O)O. The van der Waals surface area contributed by atoms with Crippen LogP contribution in [0.25, 0.3) is 0 Å². The van der Waals surface area contributed by atoms with Crippen molar-refractivity contribution in [2.24, 2.45) is 11.8 Å². The van der Waals surface area contributed by atoms with Gasteiger partial charge in [-0.3, -0.25) is 9.59 Å². The Hall–Kier alpha value is -1.20. The topological polar surface area (TPSA) is 94.8 Å². The molecule has 5 heteroatoms. The smallest absolute Gasteiger partial charge is 0.303 e. The zero-order valence-electron chi connectivity index (χ0n) is 15.8. The number of carbonyl (C=O) groups excluding carboxylic acids is 1. The Kier molecular flexibility index (Phi) is 13.3. The second-order valence-electron chi connectivity index (χ2n) is 6.90. The molecule has 0 aromatic carbocycles. The molecule has 25 heavy (non-hydrogen) atoms. The summed E-state index contributed by atoms with van der Waals surface area (Å²) in [6, 6.07) is 0. The molecule has 0 aromatic rings. The Labute approximate surface area is 152 Å². The quantitative estimate of drug-likeness (QED) is 0.387. The summed E-state index contributed by atoms with van der Waals surface area (Å²) in [6.07, 6.45) is 8.15. The molecule has 0 radical (unpaired) electrons. The average Bonchev–Trinajstić information content (AvgIpc) is 2.80. The summed E-state index contributed by atoms with van der Waals surface area (Å²) in [6.45, 7) is 7.67. The van der Waals surface area contributed by atoms with Crippen molar-refractivity contribution in [1.82, 2.24) is 0 Å². The third-order valence-corrected chi connectivity index (χ3v) is 4.74. The summed E-state index contributed by atoms with van der Waals surface area (Å²) >= 11 is 0. The maximum atomic E-state index is 11.8. The average molecular weight is 357 g/mol. The number of hydrogen-bond acceptors (Lipinski definition) is 4. The summed E-state index contributed by atoms with van der Waals surface area (Å²) in [5.41, 5.74) is 0. The number of hydrogen-bond donors (Lipinski definition) is 3. The molecule has 0 heterocycles. The van der Waals surface area contributed by atoms with E-state index in [0.29, 0.717) is 44.3 Å². The van der Waals surface area contributed by atoms with Crippen molar-refractivity contribution in [2.45, 2.75) is 90.3 Å². The third kappa shape index (κ3) is 10.4. The molecular formula is C20H36O5. The van der Waals surface area contributed by atoms with Crippen LogP contribution in [-0.2, 0) is 9.59 Å². The second kappa shape index (κ2) is 14.0. The molecule has 1 rings (SSSR count). The summed E-state index contributed by atoms with van der Waals surface area (Å²) in [5, 5.41) is 27.8. The third-order valence-electron chi connectivity index (χ3n) is 4.74. The van der Waals surface area contributed by atoms with Gasteiger partial charge < -0.3 is 15.3 Å². The fourth-order valence-corrected chi connectivity index (χ4v) is 3.34. The highest BCUT2D eigenvalue weighted by atomic mass is 16.4. The lowest BCUT2D eigenvalue weighted by Gasteiger charge is -2.22. The van der Waals surface area contributed by atoms with Crippen LogP contribution in [0.3, 0.4) is 0 Å². The lowest BCUT2D eigenvalue weighted by atomic mass is 9.86. The molecule has 0 unspecified atom stereocenters. The normalized spacial score (nSPS) is 25.1. The van der Waals surface area contributed by atoms with E-state index in [-0.39, 0.29) is 11.8 Å². The van der Waals surface area contributed by atoms with Crippen LogP contribution in [-0.4, -0.2) is 39.3 Å². The zero-order valence-corrected chi connectivity index (χ0v) is 15.8. The Balaban J connectivity index is 0.000000823.